The number of carbonyl (C=O) groups is 1. The molecule has 0 saturated heterocycles. The van der Waals surface area contributed by atoms with E-state index in [0.717, 1.165) is 13.0 Å². The molecule has 3 nitrogen and oxygen atoms in total. The Kier molecular flexibility index (Phi) is 3.74. The summed E-state index contributed by atoms with van der Waals surface area (Å²) in [5, 5.41) is 9.42. The molecule has 1 aromatic carbocycles. The monoisotopic (exact) mass is 251 g/mol. The fourth-order valence-electron chi connectivity index (χ4n) is 2.02. The maximum Gasteiger partial charge on any atom is 0.320 e. The summed E-state index contributed by atoms with van der Waals surface area (Å²) < 4.78 is 0. The maximum absolute atomic E-state index is 10.9. The Morgan fingerprint density at radius 3 is 2.94 bits per heavy atom. The van der Waals surface area contributed by atoms with E-state index in [1.165, 1.54) is 10.5 Å². The second-order valence-electron chi connectivity index (χ2n) is 4.51. The summed E-state index contributed by atoms with van der Waals surface area (Å²) in [6, 6.07) is 7.99. The fourth-order valence-corrected chi connectivity index (χ4v) is 3.42. The van der Waals surface area contributed by atoms with Gasteiger partial charge in [-0.05, 0) is 32.0 Å². The van der Waals surface area contributed by atoms with Crippen LogP contribution in [0.5, 0.6) is 0 Å². The first kappa shape index (κ1) is 12.5. The molecule has 0 aliphatic carbocycles. The normalized spacial score (nSPS) is 20.3. The van der Waals surface area contributed by atoms with Gasteiger partial charge >= 0.3 is 5.97 Å². The van der Waals surface area contributed by atoms with Crippen LogP contribution in [0.4, 0.5) is 0 Å². The number of aliphatic carboxylic acids is 1. The second-order valence-corrected chi connectivity index (χ2v) is 5.85. The molecule has 0 spiro atoms. The van der Waals surface area contributed by atoms with Gasteiger partial charge < -0.3 is 5.11 Å². The van der Waals surface area contributed by atoms with Crippen LogP contribution >= 0.6 is 11.8 Å². The van der Waals surface area contributed by atoms with E-state index in [1.807, 2.05) is 23.7 Å². The smallest absolute Gasteiger partial charge is 0.320 e. The number of hydrogen-bond donors (Lipinski definition) is 1. The molecular weight excluding hydrogens is 234 g/mol. The maximum atomic E-state index is 10.9. The Balaban J connectivity index is 1.94. The molecular formula is C13H17NO2S. The summed E-state index contributed by atoms with van der Waals surface area (Å²) in [6.45, 7) is 2.54. The zero-order chi connectivity index (χ0) is 12.4. The Hall–Kier alpha value is -1.00. The molecule has 0 amide bonds. The molecule has 4 heteroatoms. The van der Waals surface area contributed by atoms with Crippen molar-refractivity contribution in [2.45, 2.75) is 29.5 Å². The topological polar surface area (TPSA) is 40.5 Å². The lowest BCUT2D eigenvalue weighted by Gasteiger charge is -2.23. The van der Waals surface area contributed by atoms with E-state index in [-0.39, 0.29) is 0 Å². The van der Waals surface area contributed by atoms with Gasteiger partial charge in [0.05, 0.1) is 0 Å². The minimum atomic E-state index is -0.756. The van der Waals surface area contributed by atoms with Crippen LogP contribution in [0.15, 0.2) is 29.2 Å². The van der Waals surface area contributed by atoms with Crippen molar-refractivity contribution in [3.63, 3.8) is 0 Å². The third kappa shape index (κ3) is 2.82. The van der Waals surface area contributed by atoms with Gasteiger partial charge in [-0.25, -0.2) is 0 Å². The number of carboxylic acid groups (broad SMARTS) is 1. The zero-order valence-electron chi connectivity index (χ0n) is 10.1. The molecule has 2 atom stereocenters. The van der Waals surface area contributed by atoms with Crippen LogP contribution in [0.1, 0.15) is 12.5 Å². The summed E-state index contributed by atoms with van der Waals surface area (Å²) >= 11 is 1.86. The van der Waals surface area contributed by atoms with Gasteiger partial charge in [-0.15, -0.1) is 11.8 Å². The fraction of sp³-hybridized carbons (Fsp3) is 0.462. The SMILES string of the molecule is CC(C(=O)O)N(C)CC1Cc2ccccc2S1. The van der Waals surface area contributed by atoms with Crippen molar-refractivity contribution in [3.8, 4) is 0 Å². The number of benzene rings is 1. The third-order valence-electron chi connectivity index (χ3n) is 3.22. The molecule has 1 N–H and O–H groups in total. The van der Waals surface area contributed by atoms with Crippen molar-refractivity contribution in [2.24, 2.45) is 0 Å². The van der Waals surface area contributed by atoms with E-state index in [9.17, 15) is 4.79 Å². The Morgan fingerprint density at radius 2 is 2.29 bits per heavy atom. The van der Waals surface area contributed by atoms with Crippen LogP contribution in [0.25, 0.3) is 0 Å². The molecule has 2 unspecified atom stereocenters. The Bertz CT molecular complexity index is 397. The highest BCUT2D eigenvalue weighted by Crippen LogP contribution is 2.37. The summed E-state index contributed by atoms with van der Waals surface area (Å²) in [6.07, 6.45) is 1.04. The number of rotatable bonds is 4. The number of carboxylic acids is 1. The van der Waals surface area contributed by atoms with E-state index in [2.05, 4.69) is 24.3 Å². The number of likely N-dealkylation sites (N-methyl/N-ethyl adjacent to an activating group) is 1. The van der Waals surface area contributed by atoms with Crippen LogP contribution in [0.3, 0.4) is 0 Å². The van der Waals surface area contributed by atoms with Crippen molar-refractivity contribution in [1.29, 1.82) is 0 Å². The summed E-state index contributed by atoms with van der Waals surface area (Å²) in [5.41, 5.74) is 1.39. The van der Waals surface area contributed by atoms with E-state index >= 15 is 0 Å². The first-order valence-corrected chi connectivity index (χ1v) is 6.63. The van der Waals surface area contributed by atoms with E-state index < -0.39 is 12.0 Å². The van der Waals surface area contributed by atoms with Gasteiger partial charge in [0.2, 0.25) is 0 Å². The van der Waals surface area contributed by atoms with Crippen molar-refractivity contribution in [1.82, 2.24) is 4.90 Å². The first-order chi connectivity index (χ1) is 8.08. The minimum Gasteiger partial charge on any atom is -0.480 e. The third-order valence-corrected chi connectivity index (χ3v) is 4.53. The van der Waals surface area contributed by atoms with Crippen LogP contribution < -0.4 is 0 Å². The molecule has 0 saturated carbocycles. The van der Waals surface area contributed by atoms with Gasteiger partial charge in [-0.2, -0.15) is 0 Å². The molecule has 0 aromatic heterocycles. The van der Waals surface area contributed by atoms with Crippen molar-refractivity contribution >= 4 is 17.7 Å². The summed E-state index contributed by atoms with van der Waals surface area (Å²) in [7, 11) is 1.88. The van der Waals surface area contributed by atoms with Crippen LogP contribution in [-0.2, 0) is 11.2 Å². The highest BCUT2D eigenvalue weighted by Gasteiger charge is 2.26. The van der Waals surface area contributed by atoms with Gasteiger partial charge in [-0.1, -0.05) is 18.2 Å². The van der Waals surface area contributed by atoms with Crippen molar-refractivity contribution in [3.05, 3.63) is 29.8 Å². The quantitative estimate of drug-likeness (QED) is 0.889. The highest BCUT2D eigenvalue weighted by molar-refractivity contribution is 8.00. The lowest BCUT2D eigenvalue weighted by Crippen LogP contribution is -2.39. The van der Waals surface area contributed by atoms with E-state index in [1.54, 1.807) is 6.92 Å². The van der Waals surface area contributed by atoms with Gasteiger partial charge in [0.15, 0.2) is 0 Å². The lowest BCUT2D eigenvalue weighted by atomic mass is 10.1. The van der Waals surface area contributed by atoms with Crippen LogP contribution in [-0.4, -0.2) is 40.9 Å². The second kappa shape index (κ2) is 5.10. The number of fused-ring (bicyclic) bond motifs is 1. The molecule has 0 radical (unpaired) electrons. The first-order valence-electron chi connectivity index (χ1n) is 5.75. The number of thioether (sulfide) groups is 1. The molecule has 1 aliphatic heterocycles. The zero-order valence-corrected chi connectivity index (χ0v) is 10.9. The number of nitrogens with zero attached hydrogens (tertiary/aromatic N) is 1. The predicted molar refractivity (Wildman–Crippen MR) is 69.5 cm³/mol. The average molecular weight is 251 g/mol. The molecule has 2 rings (SSSR count). The molecule has 1 aromatic rings. The van der Waals surface area contributed by atoms with Crippen molar-refractivity contribution in [2.75, 3.05) is 13.6 Å². The van der Waals surface area contributed by atoms with Gasteiger partial charge in [-0.3, -0.25) is 9.69 Å². The van der Waals surface area contributed by atoms with Crippen LogP contribution in [0.2, 0.25) is 0 Å². The largest absolute Gasteiger partial charge is 0.480 e. The van der Waals surface area contributed by atoms with E-state index in [4.69, 9.17) is 5.11 Å². The molecule has 92 valence electrons. The summed E-state index contributed by atoms with van der Waals surface area (Å²) in [4.78, 5) is 14.1. The standard InChI is InChI=1S/C13H17NO2S/c1-9(13(15)16)14(2)8-11-7-10-5-3-4-6-12(10)17-11/h3-6,9,11H,7-8H2,1-2H3,(H,15,16). The lowest BCUT2D eigenvalue weighted by molar-refractivity contribution is -0.142. The summed E-state index contributed by atoms with van der Waals surface area (Å²) in [5.74, 6) is -0.756. The molecule has 1 heterocycles. The minimum absolute atomic E-state index is 0.417. The van der Waals surface area contributed by atoms with Crippen molar-refractivity contribution < 1.29 is 9.90 Å². The molecule has 1 aliphatic rings. The van der Waals surface area contributed by atoms with Crippen LogP contribution in [0, 0.1) is 0 Å². The molecule has 0 bridgehead atoms. The average Bonchev–Trinajstić information content (AvgIpc) is 2.69. The highest BCUT2D eigenvalue weighted by atomic mass is 32.2. The van der Waals surface area contributed by atoms with Gasteiger partial charge in [0.25, 0.3) is 0 Å². The molecule has 17 heavy (non-hydrogen) atoms. The number of hydrogen-bond acceptors (Lipinski definition) is 3. The molecule has 0 fully saturated rings. The Morgan fingerprint density at radius 1 is 1.59 bits per heavy atom. The Labute approximate surface area is 106 Å². The van der Waals surface area contributed by atoms with Gasteiger partial charge in [0, 0.05) is 16.7 Å². The van der Waals surface area contributed by atoms with E-state index in [0.29, 0.717) is 5.25 Å². The predicted octanol–water partition coefficient (Wildman–Crippen LogP) is 2.11. The van der Waals surface area contributed by atoms with Gasteiger partial charge in [0.1, 0.15) is 6.04 Å².